The Morgan fingerprint density at radius 3 is 2.95 bits per heavy atom. The molecule has 1 aliphatic heterocycles. The molecule has 7 nitrogen and oxygen atoms in total. The van der Waals surface area contributed by atoms with Gasteiger partial charge in [-0.2, -0.15) is 4.98 Å². The number of anilines is 2. The topological polar surface area (TPSA) is 105 Å². The molecule has 7 heteroatoms. The lowest BCUT2D eigenvalue weighted by Gasteiger charge is -2.26. The molecule has 2 atom stereocenters. The number of nitrogens with zero attached hydrogens (tertiary/aromatic N) is 2. The Labute approximate surface area is 122 Å². The molecule has 1 aromatic heterocycles. The molecule has 112 valence electrons. The van der Waals surface area contributed by atoms with Gasteiger partial charge < -0.3 is 15.2 Å². The third-order valence-electron chi connectivity index (χ3n) is 3.95. The zero-order chi connectivity index (χ0) is 14.9. The molecule has 0 bridgehead atoms. The maximum absolute atomic E-state index is 10.5. The van der Waals surface area contributed by atoms with E-state index in [-0.39, 0.29) is 6.10 Å². The van der Waals surface area contributed by atoms with Crippen LogP contribution in [-0.2, 0) is 4.74 Å². The second-order valence-corrected chi connectivity index (χ2v) is 5.28. The quantitative estimate of drug-likeness (QED) is 0.489. The lowest BCUT2D eigenvalue weighted by atomic mass is 9.97. The molecule has 0 radical (unpaired) electrons. The number of aromatic nitrogens is 2. The summed E-state index contributed by atoms with van der Waals surface area (Å²) in [5, 5.41) is 14.6. The average molecular weight is 289 g/mol. The molecule has 0 amide bonds. The smallest absolute Gasteiger partial charge is 0.239 e. The fraction of sp³-hybridized carbons (Fsp3) is 0.429. The van der Waals surface area contributed by atoms with Crippen molar-refractivity contribution in [2.45, 2.75) is 25.0 Å². The van der Waals surface area contributed by atoms with E-state index in [0.717, 1.165) is 10.9 Å². The molecular weight excluding hydrogens is 270 g/mol. The molecule has 2 unspecified atom stereocenters. The van der Waals surface area contributed by atoms with Gasteiger partial charge >= 0.3 is 0 Å². The molecular formula is C14H19N5O2. The van der Waals surface area contributed by atoms with E-state index >= 15 is 0 Å². The van der Waals surface area contributed by atoms with Gasteiger partial charge in [0.15, 0.2) is 0 Å². The van der Waals surface area contributed by atoms with Gasteiger partial charge in [0.2, 0.25) is 5.95 Å². The average Bonchev–Trinajstić information content (AvgIpc) is 2.84. The van der Waals surface area contributed by atoms with Gasteiger partial charge in [-0.25, -0.2) is 10.8 Å². The van der Waals surface area contributed by atoms with Crippen LogP contribution in [0, 0.1) is 0 Å². The van der Waals surface area contributed by atoms with E-state index in [1.807, 2.05) is 31.2 Å². The number of nitrogens with one attached hydrogen (secondary N) is 2. The van der Waals surface area contributed by atoms with Gasteiger partial charge in [0.05, 0.1) is 11.6 Å². The third-order valence-corrected chi connectivity index (χ3v) is 3.95. The summed E-state index contributed by atoms with van der Waals surface area (Å²) in [5.74, 6) is 6.38. The van der Waals surface area contributed by atoms with Crippen LogP contribution in [0.2, 0.25) is 0 Å². The molecule has 0 saturated carbocycles. The SMILES string of the molecule is CC1OCCC1(O)CNc1nc(NN)nc2ccccc12. The summed E-state index contributed by atoms with van der Waals surface area (Å²) in [6.45, 7) is 2.80. The number of hydrogen-bond donors (Lipinski definition) is 4. The highest BCUT2D eigenvalue weighted by molar-refractivity contribution is 5.90. The van der Waals surface area contributed by atoms with Crippen LogP contribution >= 0.6 is 0 Å². The first-order chi connectivity index (χ1) is 10.1. The minimum absolute atomic E-state index is 0.204. The predicted octanol–water partition coefficient (Wildman–Crippen LogP) is 0.867. The Balaban J connectivity index is 1.89. The summed E-state index contributed by atoms with van der Waals surface area (Å²) in [7, 11) is 0. The van der Waals surface area contributed by atoms with E-state index in [2.05, 4.69) is 20.7 Å². The summed E-state index contributed by atoms with van der Waals surface area (Å²) < 4.78 is 5.43. The lowest BCUT2D eigenvalue weighted by Crippen LogP contribution is -2.43. The number of ether oxygens (including phenoxy) is 1. The van der Waals surface area contributed by atoms with Gasteiger partial charge in [0.25, 0.3) is 0 Å². The van der Waals surface area contributed by atoms with Gasteiger partial charge in [0.1, 0.15) is 11.4 Å². The van der Waals surface area contributed by atoms with Gasteiger partial charge in [0, 0.05) is 25.0 Å². The molecule has 1 aliphatic rings. The number of nitrogens with two attached hydrogens (primary N) is 1. The normalized spacial score (nSPS) is 25.2. The van der Waals surface area contributed by atoms with Crippen molar-refractivity contribution in [1.29, 1.82) is 0 Å². The van der Waals surface area contributed by atoms with E-state index in [4.69, 9.17) is 10.6 Å². The third kappa shape index (κ3) is 2.63. The highest BCUT2D eigenvalue weighted by Gasteiger charge is 2.39. The number of nitrogen functional groups attached to an aromatic ring is 1. The van der Waals surface area contributed by atoms with Crippen molar-refractivity contribution in [3.05, 3.63) is 24.3 Å². The number of benzene rings is 1. The van der Waals surface area contributed by atoms with Crippen molar-refractivity contribution in [3.8, 4) is 0 Å². The molecule has 1 fully saturated rings. The van der Waals surface area contributed by atoms with Crippen molar-refractivity contribution in [1.82, 2.24) is 9.97 Å². The van der Waals surface area contributed by atoms with Crippen molar-refractivity contribution in [2.75, 3.05) is 23.9 Å². The number of fused-ring (bicyclic) bond motifs is 1. The minimum atomic E-state index is -0.887. The number of para-hydroxylation sites is 1. The maximum Gasteiger partial charge on any atom is 0.239 e. The molecule has 0 spiro atoms. The fourth-order valence-corrected chi connectivity index (χ4v) is 2.52. The van der Waals surface area contributed by atoms with E-state index < -0.39 is 5.60 Å². The zero-order valence-electron chi connectivity index (χ0n) is 11.8. The van der Waals surface area contributed by atoms with E-state index in [1.54, 1.807) is 0 Å². The van der Waals surface area contributed by atoms with Gasteiger partial charge in [-0.05, 0) is 19.1 Å². The van der Waals surface area contributed by atoms with Crippen LogP contribution in [0.3, 0.4) is 0 Å². The molecule has 2 heterocycles. The number of hydrazine groups is 1. The summed E-state index contributed by atoms with van der Waals surface area (Å²) in [4.78, 5) is 8.62. The van der Waals surface area contributed by atoms with Crippen LogP contribution in [0.1, 0.15) is 13.3 Å². The molecule has 5 N–H and O–H groups in total. The van der Waals surface area contributed by atoms with Crippen LogP contribution in [-0.4, -0.2) is 39.9 Å². The zero-order valence-corrected chi connectivity index (χ0v) is 11.8. The second kappa shape index (κ2) is 5.44. The Hall–Kier alpha value is -1.96. The monoisotopic (exact) mass is 289 g/mol. The Morgan fingerprint density at radius 2 is 2.24 bits per heavy atom. The number of hydrogen-bond acceptors (Lipinski definition) is 7. The van der Waals surface area contributed by atoms with Crippen molar-refractivity contribution in [3.63, 3.8) is 0 Å². The lowest BCUT2D eigenvalue weighted by molar-refractivity contribution is -0.0176. The maximum atomic E-state index is 10.5. The molecule has 2 aromatic rings. The van der Waals surface area contributed by atoms with Crippen LogP contribution in [0.5, 0.6) is 0 Å². The van der Waals surface area contributed by atoms with Crippen LogP contribution in [0.25, 0.3) is 10.9 Å². The van der Waals surface area contributed by atoms with E-state index in [9.17, 15) is 5.11 Å². The first kappa shape index (κ1) is 14.0. The van der Waals surface area contributed by atoms with Crippen LogP contribution < -0.4 is 16.6 Å². The van der Waals surface area contributed by atoms with Crippen molar-refractivity contribution >= 4 is 22.7 Å². The van der Waals surface area contributed by atoms with E-state index in [1.165, 1.54) is 0 Å². The number of rotatable bonds is 4. The predicted molar refractivity (Wildman–Crippen MR) is 80.8 cm³/mol. The first-order valence-corrected chi connectivity index (χ1v) is 6.94. The fourth-order valence-electron chi connectivity index (χ4n) is 2.52. The summed E-state index contributed by atoms with van der Waals surface area (Å²) in [6, 6.07) is 7.64. The number of aliphatic hydroxyl groups is 1. The van der Waals surface area contributed by atoms with Crippen molar-refractivity contribution < 1.29 is 9.84 Å². The molecule has 1 saturated heterocycles. The van der Waals surface area contributed by atoms with Crippen LogP contribution in [0.4, 0.5) is 11.8 Å². The van der Waals surface area contributed by atoms with Gasteiger partial charge in [-0.15, -0.1) is 0 Å². The molecule has 0 aliphatic carbocycles. The largest absolute Gasteiger partial charge is 0.385 e. The van der Waals surface area contributed by atoms with Crippen molar-refractivity contribution in [2.24, 2.45) is 5.84 Å². The highest BCUT2D eigenvalue weighted by atomic mass is 16.5. The Bertz CT molecular complexity index is 650. The molecule has 3 rings (SSSR count). The minimum Gasteiger partial charge on any atom is -0.385 e. The summed E-state index contributed by atoms with van der Waals surface area (Å²) in [6.07, 6.45) is 0.400. The Kier molecular flexibility index (Phi) is 3.62. The Morgan fingerprint density at radius 1 is 1.43 bits per heavy atom. The summed E-state index contributed by atoms with van der Waals surface area (Å²) >= 11 is 0. The summed E-state index contributed by atoms with van der Waals surface area (Å²) in [5.41, 5.74) is 2.35. The molecule has 1 aromatic carbocycles. The molecule has 21 heavy (non-hydrogen) atoms. The van der Waals surface area contributed by atoms with Crippen LogP contribution in [0.15, 0.2) is 24.3 Å². The standard InChI is InChI=1S/C14H19N5O2/c1-9-14(20,6-7-21-9)8-16-12-10-4-2-3-5-11(10)17-13(18-12)19-15/h2-5,9,20H,6-8,15H2,1H3,(H2,16,17,18,19). The van der Waals surface area contributed by atoms with Gasteiger partial charge in [-0.1, -0.05) is 12.1 Å². The first-order valence-electron chi connectivity index (χ1n) is 6.94. The second-order valence-electron chi connectivity index (χ2n) is 5.28. The highest BCUT2D eigenvalue weighted by Crippen LogP contribution is 2.27. The van der Waals surface area contributed by atoms with Gasteiger partial charge in [-0.3, -0.25) is 5.43 Å². The van der Waals surface area contributed by atoms with E-state index in [0.29, 0.717) is 31.3 Å².